The van der Waals surface area contributed by atoms with Crippen LogP contribution in [0.1, 0.15) is 6.42 Å². The third-order valence-corrected chi connectivity index (χ3v) is 3.86. The maximum absolute atomic E-state index is 5.53. The van der Waals surface area contributed by atoms with E-state index in [1.54, 1.807) is 7.11 Å². The Bertz CT molecular complexity index is 183. The van der Waals surface area contributed by atoms with Gasteiger partial charge in [0.25, 0.3) is 0 Å². The Hall–Kier alpha value is 0.320. The molecule has 0 bridgehead atoms. The van der Waals surface area contributed by atoms with Crippen LogP contribution in [0.2, 0.25) is 0 Å². The van der Waals surface area contributed by atoms with Crippen LogP contribution in [0.4, 0.5) is 0 Å². The lowest BCUT2D eigenvalue weighted by Gasteiger charge is -2.15. The Labute approximate surface area is 113 Å². The molecule has 1 heterocycles. The van der Waals surface area contributed by atoms with Gasteiger partial charge in [0, 0.05) is 25.5 Å². The van der Waals surface area contributed by atoms with E-state index < -0.39 is 0 Å². The fraction of sp³-hybridized carbons (Fsp3) is 1.00. The van der Waals surface area contributed by atoms with Gasteiger partial charge in [0.2, 0.25) is 0 Å². The molecule has 0 radical (unpaired) electrons. The van der Waals surface area contributed by atoms with Crippen LogP contribution in [0, 0.1) is 5.92 Å². The second-order valence-corrected chi connectivity index (χ2v) is 4.97. The molecule has 0 N–H and O–H groups in total. The summed E-state index contributed by atoms with van der Waals surface area (Å²) in [5, 5.41) is 1.12. The second-order valence-electron chi connectivity index (χ2n) is 4.33. The lowest BCUT2D eigenvalue weighted by molar-refractivity contribution is 0.0206. The summed E-state index contributed by atoms with van der Waals surface area (Å²) < 4.78 is 15.7. The van der Waals surface area contributed by atoms with Crippen LogP contribution in [-0.2, 0) is 14.2 Å². The highest BCUT2D eigenvalue weighted by Gasteiger charge is 2.20. The van der Waals surface area contributed by atoms with Gasteiger partial charge in [-0.25, -0.2) is 0 Å². The summed E-state index contributed by atoms with van der Waals surface area (Å²) in [4.78, 5) is 2.47. The molecule has 0 aromatic rings. The van der Waals surface area contributed by atoms with Crippen LogP contribution in [-0.4, -0.2) is 70.0 Å². The largest absolute Gasteiger partial charge is 0.382 e. The number of methoxy groups -OCH3 is 1. The quantitative estimate of drug-likeness (QED) is 0.451. The first kappa shape index (κ1) is 15.4. The van der Waals surface area contributed by atoms with Crippen molar-refractivity contribution in [2.24, 2.45) is 5.92 Å². The fourth-order valence-electron chi connectivity index (χ4n) is 1.90. The number of hydrogen-bond acceptors (Lipinski definition) is 4. The Morgan fingerprint density at radius 1 is 1.12 bits per heavy atom. The molecule has 1 atom stereocenters. The highest BCUT2D eigenvalue weighted by Crippen LogP contribution is 2.17. The van der Waals surface area contributed by atoms with Crippen LogP contribution in [0.25, 0.3) is 0 Å². The van der Waals surface area contributed by atoms with Crippen LogP contribution in [0.5, 0.6) is 0 Å². The molecule has 0 saturated carbocycles. The first-order valence-corrected chi connectivity index (χ1v) is 7.41. The van der Waals surface area contributed by atoms with E-state index in [9.17, 15) is 0 Å². The zero-order valence-corrected chi connectivity index (χ0v) is 12.3. The van der Waals surface area contributed by atoms with Gasteiger partial charge in [0.05, 0.1) is 33.0 Å². The molecule has 1 aliphatic rings. The Kier molecular flexibility index (Phi) is 9.28. The number of ether oxygens (including phenoxy) is 3. The first-order chi connectivity index (χ1) is 8.36. The molecule has 0 aromatic heterocycles. The van der Waals surface area contributed by atoms with E-state index in [1.807, 2.05) is 0 Å². The van der Waals surface area contributed by atoms with E-state index in [1.165, 1.54) is 19.5 Å². The summed E-state index contributed by atoms with van der Waals surface area (Å²) in [6, 6.07) is 0. The molecule has 1 rings (SSSR count). The minimum Gasteiger partial charge on any atom is -0.382 e. The normalized spacial score (nSPS) is 21.2. The SMILES string of the molecule is COCCOCCOCCN1CCC(CBr)C1. The number of likely N-dealkylation sites (tertiary alicyclic amines) is 1. The molecule has 5 heteroatoms. The van der Waals surface area contributed by atoms with E-state index >= 15 is 0 Å². The molecule has 1 saturated heterocycles. The highest BCUT2D eigenvalue weighted by molar-refractivity contribution is 9.09. The van der Waals surface area contributed by atoms with Crippen molar-refractivity contribution >= 4 is 15.9 Å². The van der Waals surface area contributed by atoms with Gasteiger partial charge in [0.15, 0.2) is 0 Å². The monoisotopic (exact) mass is 309 g/mol. The molecular weight excluding hydrogens is 286 g/mol. The Balaban J connectivity index is 1.81. The van der Waals surface area contributed by atoms with Crippen molar-refractivity contribution in [3.8, 4) is 0 Å². The Morgan fingerprint density at radius 2 is 1.82 bits per heavy atom. The number of nitrogens with zero attached hydrogens (tertiary/aromatic N) is 1. The predicted molar refractivity (Wildman–Crippen MR) is 71.9 cm³/mol. The van der Waals surface area contributed by atoms with Crippen molar-refractivity contribution in [3.63, 3.8) is 0 Å². The summed E-state index contributed by atoms with van der Waals surface area (Å²) in [7, 11) is 1.68. The van der Waals surface area contributed by atoms with Crippen LogP contribution < -0.4 is 0 Å². The van der Waals surface area contributed by atoms with Crippen LogP contribution in [0.15, 0.2) is 0 Å². The van der Waals surface area contributed by atoms with Crippen LogP contribution in [0.3, 0.4) is 0 Å². The lowest BCUT2D eigenvalue weighted by atomic mass is 10.2. The smallest absolute Gasteiger partial charge is 0.0701 e. The maximum atomic E-state index is 5.53. The number of alkyl halides is 1. The zero-order valence-electron chi connectivity index (χ0n) is 10.7. The molecule has 0 aliphatic carbocycles. The summed E-state index contributed by atoms with van der Waals surface area (Å²) >= 11 is 3.54. The molecule has 17 heavy (non-hydrogen) atoms. The topological polar surface area (TPSA) is 30.9 Å². The zero-order chi connectivity index (χ0) is 12.3. The van der Waals surface area contributed by atoms with E-state index in [0.717, 1.165) is 24.4 Å². The van der Waals surface area contributed by atoms with Gasteiger partial charge in [0.1, 0.15) is 0 Å². The van der Waals surface area contributed by atoms with Gasteiger partial charge < -0.3 is 19.1 Å². The third-order valence-electron chi connectivity index (χ3n) is 2.94. The van der Waals surface area contributed by atoms with E-state index in [4.69, 9.17) is 14.2 Å². The average Bonchev–Trinajstić information content (AvgIpc) is 2.80. The van der Waals surface area contributed by atoms with Gasteiger partial charge in [-0.15, -0.1) is 0 Å². The minimum absolute atomic E-state index is 0.652. The molecule has 0 amide bonds. The molecule has 1 aliphatic heterocycles. The number of hydrogen-bond donors (Lipinski definition) is 0. The van der Waals surface area contributed by atoms with E-state index in [-0.39, 0.29) is 0 Å². The average molecular weight is 310 g/mol. The lowest BCUT2D eigenvalue weighted by Crippen LogP contribution is -2.26. The Morgan fingerprint density at radius 3 is 2.47 bits per heavy atom. The van der Waals surface area contributed by atoms with Crippen LogP contribution >= 0.6 is 15.9 Å². The van der Waals surface area contributed by atoms with Crippen molar-refractivity contribution in [1.29, 1.82) is 0 Å². The highest BCUT2D eigenvalue weighted by atomic mass is 79.9. The minimum atomic E-state index is 0.652. The predicted octanol–water partition coefficient (Wildman–Crippen LogP) is 1.38. The van der Waals surface area contributed by atoms with Crippen molar-refractivity contribution < 1.29 is 14.2 Å². The molecule has 102 valence electrons. The van der Waals surface area contributed by atoms with Crippen molar-refractivity contribution in [1.82, 2.24) is 4.90 Å². The van der Waals surface area contributed by atoms with E-state index in [0.29, 0.717) is 26.4 Å². The van der Waals surface area contributed by atoms with Gasteiger partial charge in [-0.1, -0.05) is 15.9 Å². The van der Waals surface area contributed by atoms with Gasteiger partial charge in [-0.2, -0.15) is 0 Å². The van der Waals surface area contributed by atoms with Gasteiger partial charge >= 0.3 is 0 Å². The number of halogens is 1. The molecule has 1 unspecified atom stereocenters. The standard InChI is InChI=1S/C12H24BrNO3/c1-15-6-7-17-9-8-16-5-4-14-3-2-12(10-13)11-14/h12H,2-11H2,1H3. The number of rotatable bonds is 10. The summed E-state index contributed by atoms with van der Waals surface area (Å²) in [6.07, 6.45) is 1.31. The fourth-order valence-corrected chi connectivity index (χ4v) is 2.43. The van der Waals surface area contributed by atoms with Gasteiger partial charge in [-0.3, -0.25) is 0 Å². The molecule has 0 spiro atoms. The maximum Gasteiger partial charge on any atom is 0.0701 e. The summed E-state index contributed by atoms with van der Waals surface area (Å²) in [5.74, 6) is 0.826. The second kappa shape index (κ2) is 10.3. The summed E-state index contributed by atoms with van der Waals surface area (Å²) in [5.41, 5.74) is 0. The molecule has 4 nitrogen and oxygen atoms in total. The van der Waals surface area contributed by atoms with E-state index in [2.05, 4.69) is 20.8 Å². The van der Waals surface area contributed by atoms with Gasteiger partial charge in [-0.05, 0) is 18.9 Å². The summed E-state index contributed by atoms with van der Waals surface area (Å²) in [6.45, 7) is 6.92. The molecule has 1 fully saturated rings. The van der Waals surface area contributed by atoms with Crippen molar-refractivity contribution in [2.75, 3.05) is 65.1 Å². The molecular formula is C12H24BrNO3. The third kappa shape index (κ3) is 7.36. The van der Waals surface area contributed by atoms with Crippen molar-refractivity contribution in [3.05, 3.63) is 0 Å². The first-order valence-electron chi connectivity index (χ1n) is 6.29. The molecule has 0 aromatic carbocycles. The van der Waals surface area contributed by atoms with Crippen molar-refractivity contribution in [2.45, 2.75) is 6.42 Å².